The molecule has 0 atom stereocenters. The molecule has 5 heteroatoms. The zero-order valence-corrected chi connectivity index (χ0v) is 26.9. The minimum absolute atomic E-state index is 0. The molecule has 6 aromatic carbocycles. The van der Waals surface area contributed by atoms with Crippen LogP contribution in [-0.2, 0) is 30.2 Å². The van der Waals surface area contributed by atoms with Gasteiger partial charge < -0.3 is 20.4 Å². The number of hydrogen-bond donors (Lipinski definition) is 0. The Morgan fingerprint density at radius 1 is 0.422 bits per heavy atom. The van der Waals surface area contributed by atoms with Gasteiger partial charge in [-0.05, 0) is 92.5 Å². The summed E-state index contributed by atoms with van der Waals surface area (Å²) in [7, 11) is 0. The SMILES string of the molecule is [Cu+2].c1ccc2c(CN3CCC[N-]CCN(Cc4c5ccccc5cc5ccccc45)CCC[N-]CC3)c3ccccc3cc2c1. The molecular weight excluding hydrogens is 600 g/mol. The van der Waals surface area contributed by atoms with Crippen molar-refractivity contribution in [3.8, 4) is 0 Å². The third kappa shape index (κ3) is 7.42. The minimum Gasteiger partial charge on any atom is -0.661 e. The summed E-state index contributed by atoms with van der Waals surface area (Å²) in [4.78, 5) is 5.22. The second-order valence-electron chi connectivity index (χ2n) is 12.2. The molecule has 0 N–H and O–H groups in total. The van der Waals surface area contributed by atoms with Crippen LogP contribution in [0.5, 0.6) is 0 Å². The molecule has 0 spiro atoms. The molecule has 4 nitrogen and oxygen atoms in total. The molecule has 0 saturated carbocycles. The second-order valence-corrected chi connectivity index (χ2v) is 12.2. The average Bonchev–Trinajstić information content (AvgIpc) is 3.06. The van der Waals surface area contributed by atoms with Gasteiger partial charge in [0, 0.05) is 13.1 Å². The fourth-order valence-electron chi connectivity index (χ4n) is 7.00. The molecule has 45 heavy (non-hydrogen) atoms. The predicted octanol–water partition coefficient (Wildman–Crippen LogP) is 9.14. The average molecular weight is 642 g/mol. The molecule has 0 aliphatic carbocycles. The van der Waals surface area contributed by atoms with Crippen LogP contribution < -0.4 is 0 Å². The van der Waals surface area contributed by atoms with E-state index in [2.05, 4.69) is 119 Å². The van der Waals surface area contributed by atoms with Crippen LogP contribution in [0.2, 0.25) is 0 Å². The minimum atomic E-state index is 0. The van der Waals surface area contributed by atoms with E-state index in [1.807, 2.05) is 0 Å². The first-order chi connectivity index (χ1) is 21.8. The van der Waals surface area contributed by atoms with Crippen LogP contribution in [0.1, 0.15) is 24.0 Å². The normalized spacial score (nSPS) is 16.5. The maximum absolute atomic E-state index is 5.02. The van der Waals surface area contributed by atoms with Crippen molar-refractivity contribution in [2.75, 3.05) is 52.4 Å². The largest absolute Gasteiger partial charge is 2.00 e. The van der Waals surface area contributed by atoms with Gasteiger partial charge in [0.15, 0.2) is 0 Å². The summed E-state index contributed by atoms with van der Waals surface area (Å²) in [6.45, 7) is 9.55. The summed E-state index contributed by atoms with van der Waals surface area (Å²) in [5.74, 6) is 0. The quantitative estimate of drug-likeness (QED) is 0.142. The number of hydrogen-bond acceptors (Lipinski definition) is 2. The molecule has 1 saturated heterocycles. The van der Waals surface area contributed by atoms with E-state index in [0.29, 0.717) is 0 Å². The molecule has 6 aromatic rings. The number of rotatable bonds is 4. The molecule has 1 fully saturated rings. The van der Waals surface area contributed by atoms with E-state index in [0.717, 1.165) is 78.3 Å². The Balaban J connectivity index is 0.00000357. The number of nitrogens with zero attached hydrogens (tertiary/aromatic N) is 4. The van der Waals surface area contributed by atoms with Gasteiger partial charge in [0.1, 0.15) is 0 Å². The fraction of sp³-hybridized carbons (Fsp3) is 0.300. The maximum atomic E-state index is 5.02. The van der Waals surface area contributed by atoms with Gasteiger partial charge in [-0.3, -0.25) is 0 Å². The molecule has 0 unspecified atom stereocenters. The monoisotopic (exact) mass is 641 g/mol. The van der Waals surface area contributed by atoms with E-state index in [1.165, 1.54) is 54.2 Å². The van der Waals surface area contributed by atoms with Crippen LogP contribution in [0.25, 0.3) is 53.7 Å². The van der Waals surface area contributed by atoms with Crippen molar-refractivity contribution in [3.05, 3.63) is 131 Å². The first kappa shape index (κ1) is 31.7. The van der Waals surface area contributed by atoms with Gasteiger partial charge in [-0.1, -0.05) is 110 Å². The zero-order valence-electron chi connectivity index (χ0n) is 26.0. The molecule has 1 heterocycles. The summed E-state index contributed by atoms with van der Waals surface area (Å²) >= 11 is 0. The van der Waals surface area contributed by atoms with E-state index >= 15 is 0 Å². The molecule has 0 bridgehead atoms. The molecule has 1 aliphatic heterocycles. The maximum Gasteiger partial charge on any atom is 2.00 e. The van der Waals surface area contributed by atoms with Gasteiger partial charge in [-0.2, -0.15) is 0 Å². The topological polar surface area (TPSA) is 34.7 Å². The van der Waals surface area contributed by atoms with E-state index in [9.17, 15) is 0 Å². The summed E-state index contributed by atoms with van der Waals surface area (Å²) in [6.07, 6.45) is 2.16. The van der Waals surface area contributed by atoms with Crippen molar-refractivity contribution in [1.82, 2.24) is 9.80 Å². The van der Waals surface area contributed by atoms with Crippen LogP contribution in [0.4, 0.5) is 0 Å². The van der Waals surface area contributed by atoms with E-state index < -0.39 is 0 Å². The Kier molecular flexibility index (Phi) is 10.8. The molecule has 233 valence electrons. The van der Waals surface area contributed by atoms with Crippen molar-refractivity contribution in [2.45, 2.75) is 25.9 Å². The van der Waals surface area contributed by atoms with Crippen LogP contribution in [0.3, 0.4) is 0 Å². The van der Waals surface area contributed by atoms with Crippen molar-refractivity contribution < 1.29 is 17.1 Å². The standard InChI is InChI=1S/C40H42N4.Cu/c1-5-15-35-31(11-1)27-32-12-2-6-16-36(32)39(35)29-43-23-9-19-42-22-26-44(24-10-20-41-21-25-43)30-40-37-17-7-3-13-33(37)28-34-14-4-8-18-38(34)40;/h1-8,11-18,27-28H,9-10,19-26,29-30H2;/q-2;+2. The Hall–Kier alpha value is -3.28. The van der Waals surface area contributed by atoms with Crippen LogP contribution >= 0.6 is 0 Å². The molecule has 1 radical (unpaired) electrons. The first-order valence-corrected chi connectivity index (χ1v) is 16.3. The van der Waals surface area contributed by atoms with Crippen LogP contribution in [0.15, 0.2) is 109 Å². The van der Waals surface area contributed by atoms with Gasteiger partial charge in [0.05, 0.1) is 0 Å². The van der Waals surface area contributed by atoms with Crippen LogP contribution in [-0.4, -0.2) is 62.2 Å². The predicted molar refractivity (Wildman–Crippen MR) is 189 cm³/mol. The Bertz CT molecular complexity index is 1610. The molecule has 7 rings (SSSR count). The zero-order chi connectivity index (χ0) is 29.6. The van der Waals surface area contributed by atoms with Gasteiger partial charge in [0.25, 0.3) is 0 Å². The van der Waals surface area contributed by atoms with E-state index in [-0.39, 0.29) is 17.1 Å². The van der Waals surface area contributed by atoms with Crippen molar-refractivity contribution in [3.63, 3.8) is 0 Å². The van der Waals surface area contributed by atoms with E-state index in [1.54, 1.807) is 0 Å². The Morgan fingerprint density at radius 3 is 1.11 bits per heavy atom. The molecular formula is C40H42CuN4. The van der Waals surface area contributed by atoms with Gasteiger partial charge in [-0.15, -0.1) is 26.2 Å². The van der Waals surface area contributed by atoms with Crippen molar-refractivity contribution in [1.29, 1.82) is 0 Å². The number of benzene rings is 6. The molecule has 0 amide bonds. The van der Waals surface area contributed by atoms with E-state index in [4.69, 9.17) is 10.6 Å². The number of fused-ring (bicyclic) bond motifs is 4. The summed E-state index contributed by atoms with van der Waals surface area (Å²) in [5.41, 5.74) is 2.88. The van der Waals surface area contributed by atoms with Crippen molar-refractivity contribution >= 4 is 43.1 Å². The van der Waals surface area contributed by atoms with Gasteiger partial charge >= 0.3 is 17.1 Å². The molecule has 0 aromatic heterocycles. The Labute approximate surface area is 278 Å². The smallest absolute Gasteiger partial charge is 0.661 e. The summed E-state index contributed by atoms with van der Waals surface area (Å²) in [6, 6.07) is 40.1. The first-order valence-electron chi connectivity index (χ1n) is 16.3. The van der Waals surface area contributed by atoms with Gasteiger partial charge in [0.2, 0.25) is 0 Å². The molecule has 1 aliphatic rings. The summed E-state index contributed by atoms with van der Waals surface area (Å²) < 4.78 is 0. The second kappa shape index (κ2) is 15.3. The third-order valence-corrected chi connectivity index (χ3v) is 9.26. The van der Waals surface area contributed by atoms with Gasteiger partial charge in [-0.25, -0.2) is 0 Å². The van der Waals surface area contributed by atoms with Crippen LogP contribution in [0, 0.1) is 0 Å². The summed E-state index contributed by atoms with van der Waals surface area (Å²) in [5, 5.41) is 20.8. The third-order valence-electron chi connectivity index (χ3n) is 9.26. The fourth-order valence-corrected chi connectivity index (χ4v) is 7.00. The van der Waals surface area contributed by atoms with Crippen molar-refractivity contribution in [2.24, 2.45) is 0 Å². The Morgan fingerprint density at radius 2 is 0.756 bits per heavy atom.